The number of nitrogens with zero attached hydrogens (tertiary/aromatic N) is 1. The minimum Gasteiger partial charge on any atom is -0.480 e. The van der Waals surface area contributed by atoms with Gasteiger partial charge in [-0.1, -0.05) is 11.6 Å². The van der Waals surface area contributed by atoms with Crippen LogP contribution in [0.3, 0.4) is 0 Å². The Kier molecular flexibility index (Phi) is 4.94. The average molecular weight is 314 g/mol. The van der Waals surface area contributed by atoms with Gasteiger partial charge in [0.15, 0.2) is 0 Å². The minimum absolute atomic E-state index is 0.0967. The number of aliphatic carboxylic acids is 1. The summed E-state index contributed by atoms with van der Waals surface area (Å²) in [5.41, 5.74) is 0. The molecule has 1 amide bonds. The van der Waals surface area contributed by atoms with Crippen LogP contribution >= 0.6 is 23.4 Å². The standard InChI is InChI=1S/C14H16ClNO3S/c1-9(14(18)19)16(11-4-5-11)13(17)8-20-12-6-2-10(15)3-7-12/h2-3,6-7,9,11H,4-5,8H2,1H3,(H,18,19). The van der Waals surface area contributed by atoms with E-state index in [0.29, 0.717) is 5.02 Å². The Labute approximate surface area is 127 Å². The number of hydrogen-bond acceptors (Lipinski definition) is 3. The lowest BCUT2D eigenvalue weighted by atomic mass is 10.2. The second-order valence-corrected chi connectivity index (χ2v) is 6.27. The largest absolute Gasteiger partial charge is 0.480 e. The summed E-state index contributed by atoms with van der Waals surface area (Å²) in [6, 6.07) is 6.57. The van der Waals surface area contributed by atoms with Crippen LogP contribution in [0.2, 0.25) is 5.02 Å². The molecule has 6 heteroatoms. The van der Waals surface area contributed by atoms with E-state index in [-0.39, 0.29) is 17.7 Å². The van der Waals surface area contributed by atoms with Crippen LogP contribution in [0.1, 0.15) is 19.8 Å². The van der Waals surface area contributed by atoms with Gasteiger partial charge in [0.1, 0.15) is 6.04 Å². The molecule has 0 heterocycles. The Morgan fingerprint density at radius 2 is 2.00 bits per heavy atom. The molecule has 0 aromatic heterocycles. The number of carbonyl (C=O) groups excluding carboxylic acids is 1. The van der Waals surface area contributed by atoms with Gasteiger partial charge in [0.2, 0.25) is 5.91 Å². The normalized spacial score (nSPS) is 15.7. The van der Waals surface area contributed by atoms with Crippen LogP contribution in [0.25, 0.3) is 0 Å². The van der Waals surface area contributed by atoms with Crippen molar-refractivity contribution in [3.8, 4) is 0 Å². The Morgan fingerprint density at radius 1 is 1.40 bits per heavy atom. The predicted molar refractivity (Wildman–Crippen MR) is 79.1 cm³/mol. The fourth-order valence-electron chi connectivity index (χ4n) is 1.96. The first-order chi connectivity index (χ1) is 9.49. The summed E-state index contributed by atoms with van der Waals surface area (Å²) in [5.74, 6) is -0.834. The number of carboxylic acids is 1. The predicted octanol–water partition coefficient (Wildman–Crippen LogP) is 2.90. The molecule has 1 aromatic rings. The van der Waals surface area contributed by atoms with Crippen molar-refractivity contribution >= 4 is 35.2 Å². The maximum Gasteiger partial charge on any atom is 0.326 e. The van der Waals surface area contributed by atoms with Gasteiger partial charge >= 0.3 is 5.97 Å². The highest BCUT2D eigenvalue weighted by atomic mass is 35.5. The quantitative estimate of drug-likeness (QED) is 0.820. The second kappa shape index (κ2) is 6.50. The Hall–Kier alpha value is -1.20. The summed E-state index contributed by atoms with van der Waals surface area (Å²) in [4.78, 5) is 25.8. The first kappa shape index (κ1) is 15.2. The van der Waals surface area contributed by atoms with Crippen LogP contribution in [0.15, 0.2) is 29.2 Å². The lowest BCUT2D eigenvalue weighted by Crippen LogP contribution is -2.45. The molecule has 1 aliphatic rings. The number of rotatable bonds is 6. The van der Waals surface area contributed by atoms with E-state index < -0.39 is 12.0 Å². The summed E-state index contributed by atoms with van der Waals surface area (Å²) in [6.45, 7) is 1.56. The van der Waals surface area contributed by atoms with E-state index in [1.165, 1.54) is 16.7 Å². The molecule has 0 spiro atoms. The highest BCUT2D eigenvalue weighted by molar-refractivity contribution is 8.00. The molecule has 1 fully saturated rings. The lowest BCUT2D eigenvalue weighted by Gasteiger charge is -2.26. The SMILES string of the molecule is CC(C(=O)O)N(C(=O)CSc1ccc(Cl)cc1)C1CC1. The molecule has 1 aromatic carbocycles. The lowest BCUT2D eigenvalue weighted by molar-refractivity contribution is -0.148. The van der Waals surface area contributed by atoms with Gasteiger partial charge in [-0.2, -0.15) is 0 Å². The molecule has 20 heavy (non-hydrogen) atoms. The van der Waals surface area contributed by atoms with Gasteiger partial charge in [0.05, 0.1) is 5.75 Å². The first-order valence-electron chi connectivity index (χ1n) is 6.41. The Morgan fingerprint density at radius 3 is 2.50 bits per heavy atom. The number of halogens is 1. The van der Waals surface area contributed by atoms with E-state index in [1.54, 1.807) is 19.1 Å². The van der Waals surface area contributed by atoms with Gasteiger partial charge in [0, 0.05) is 16.0 Å². The average Bonchev–Trinajstić information content (AvgIpc) is 3.22. The third-order valence-electron chi connectivity index (χ3n) is 3.18. The number of hydrogen-bond donors (Lipinski definition) is 1. The Balaban J connectivity index is 1.95. The topological polar surface area (TPSA) is 57.6 Å². The summed E-state index contributed by atoms with van der Waals surface area (Å²) in [5, 5.41) is 9.73. The summed E-state index contributed by atoms with van der Waals surface area (Å²) in [7, 11) is 0. The highest BCUT2D eigenvalue weighted by Gasteiger charge is 2.38. The molecule has 2 rings (SSSR count). The number of thioether (sulfide) groups is 1. The van der Waals surface area contributed by atoms with Crippen LogP contribution in [0.4, 0.5) is 0 Å². The van der Waals surface area contributed by atoms with Crippen LogP contribution in [-0.4, -0.2) is 39.7 Å². The van der Waals surface area contributed by atoms with Gasteiger partial charge < -0.3 is 10.0 Å². The van der Waals surface area contributed by atoms with Crippen molar-refractivity contribution in [1.29, 1.82) is 0 Å². The third kappa shape index (κ3) is 3.90. The van der Waals surface area contributed by atoms with Crippen molar-refractivity contribution in [1.82, 2.24) is 4.90 Å². The van der Waals surface area contributed by atoms with Crippen LogP contribution in [-0.2, 0) is 9.59 Å². The molecule has 1 atom stereocenters. The Bertz CT molecular complexity index is 502. The number of amides is 1. The molecule has 1 aliphatic carbocycles. The van der Waals surface area contributed by atoms with Gasteiger partial charge in [-0.05, 0) is 44.0 Å². The van der Waals surface area contributed by atoms with Crippen molar-refractivity contribution in [3.63, 3.8) is 0 Å². The van der Waals surface area contributed by atoms with Gasteiger partial charge in [-0.15, -0.1) is 11.8 Å². The van der Waals surface area contributed by atoms with Crippen molar-refractivity contribution in [3.05, 3.63) is 29.3 Å². The van der Waals surface area contributed by atoms with E-state index >= 15 is 0 Å². The van der Waals surface area contributed by atoms with E-state index in [1.807, 2.05) is 12.1 Å². The fraction of sp³-hybridized carbons (Fsp3) is 0.429. The number of carboxylic acid groups (broad SMARTS) is 1. The van der Waals surface area contributed by atoms with Gasteiger partial charge in [-0.3, -0.25) is 4.79 Å². The van der Waals surface area contributed by atoms with Crippen molar-refractivity contribution in [2.24, 2.45) is 0 Å². The molecule has 1 unspecified atom stereocenters. The molecule has 108 valence electrons. The highest BCUT2D eigenvalue weighted by Crippen LogP contribution is 2.30. The molecule has 0 aliphatic heterocycles. The summed E-state index contributed by atoms with van der Waals surface area (Å²) in [6.07, 6.45) is 1.80. The zero-order valence-corrected chi connectivity index (χ0v) is 12.7. The zero-order chi connectivity index (χ0) is 14.7. The molecule has 0 radical (unpaired) electrons. The maximum atomic E-state index is 12.2. The molecular weight excluding hydrogens is 298 g/mol. The van der Waals surface area contributed by atoms with E-state index in [0.717, 1.165) is 17.7 Å². The number of benzene rings is 1. The van der Waals surface area contributed by atoms with E-state index in [9.17, 15) is 9.59 Å². The van der Waals surface area contributed by atoms with Crippen molar-refractivity contribution in [2.45, 2.75) is 36.7 Å². The molecule has 4 nitrogen and oxygen atoms in total. The van der Waals surface area contributed by atoms with Crippen LogP contribution in [0.5, 0.6) is 0 Å². The number of carbonyl (C=O) groups is 2. The van der Waals surface area contributed by atoms with E-state index in [2.05, 4.69) is 0 Å². The summed E-state index contributed by atoms with van der Waals surface area (Å²) < 4.78 is 0. The summed E-state index contributed by atoms with van der Waals surface area (Å²) >= 11 is 7.20. The van der Waals surface area contributed by atoms with Crippen LogP contribution < -0.4 is 0 Å². The van der Waals surface area contributed by atoms with Crippen molar-refractivity contribution in [2.75, 3.05) is 5.75 Å². The van der Waals surface area contributed by atoms with Gasteiger partial charge in [-0.25, -0.2) is 4.79 Å². The zero-order valence-electron chi connectivity index (χ0n) is 11.1. The fourth-order valence-corrected chi connectivity index (χ4v) is 2.85. The first-order valence-corrected chi connectivity index (χ1v) is 7.77. The smallest absolute Gasteiger partial charge is 0.326 e. The molecule has 0 saturated heterocycles. The van der Waals surface area contributed by atoms with E-state index in [4.69, 9.17) is 16.7 Å². The molecule has 1 N–H and O–H groups in total. The maximum absolute atomic E-state index is 12.2. The molecule has 1 saturated carbocycles. The second-order valence-electron chi connectivity index (χ2n) is 4.79. The molecular formula is C14H16ClNO3S. The van der Waals surface area contributed by atoms with Gasteiger partial charge in [0.25, 0.3) is 0 Å². The van der Waals surface area contributed by atoms with Crippen LogP contribution in [0, 0.1) is 0 Å². The third-order valence-corrected chi connectivity index (χ3v) is 4.43. The molecule has 0 bridgehead atoms. The minimum atomic E-state index is -0.957. The van der Waals surface area contributed by atoms with Crippen molar-refractivity contribution < 1.29 is 14.7 Å². The monoisotopic (exact) mass is 313 g/mol.